The van der Waals surface area contributed by atoms with Crippen molar-refractivity contribution >= 4 is 5.91 Å². The molecule has 0 aliphatic rings. The smallest absolute Gasteiger partial charge is 0.251 e. The van der Waals surface area contributed by atoms with E-state index < -0.39 is 17.5 Å². The highest BCUT2D eigenvalue weighted by molar-refractivity contribution is 6.02. The number of nitrogens with two attached hydrogens (primary N) is 1. The Bertz CT molecular complexity index is 1070. The minimum Gasteiger partial charge on any atom is -0.497 e. The van der Waals surface area contributed by atoms with E-state index in [2.05, 4.69) is 6.92 Å². The summed E-state index contributed by atoms with van der Waals surface area (Å²) >= 11 is 0. The highest BCUT2D eigenvalue weighted by Gasteiger charge is 2.25. The van der Waals surface area contributed by atoms with E-state index in [1.807, 2.05) is 35.8 Å². The minimum absolute atomic E-state index is 0.320. The van der Waals surface area contributed by atoms with E-state index in [1.54, 1.807) is 13.2 Å². The zero-order valence-electron chi connectivity index (χ0n) is 18.2. The first-order valence-corrected chi connectivity index (χ1v) is 10.5. The van der Waals surface area contributed by atoms with Crippen molar-refractivity contribution in [3.63, 3.8) is 0 Å². The molecule has 3 rings (SSSR count). The fourth-order valence-electron chi connectivity index (χ4n) is 4.00. The van der Waals surface area contributed by atoms with Gasteiger partial charge in [-0.1, -0.05) is 38.0 Å². The van der Waals surface area contributed by atoms with Crippen LogP contribution in [0.4, 0.5) is 8.78 Å². The molecule has 1 aromatic heterocycles. The number of carbonyl (C=O) groups is 1. The lowest BCUT2D eigenvalue weighted by atomic mass is 9.97. The quantitative estimate of drug-likeness (QED) is 0.451. The molecule has 0 fully saturated rings. The topological polar surface area (TPSA) is 57.2 Å². The second kappa shape index (κ2) is 9.77. The minimum atomic E-state index is -0.889. The molecule has 164 valence electrons. The number of nitrogens with zero attached hydrogens (tertiary/aromatic N) is 1. The van der Waals surface area contributed by atoms with Crippen molar-refractivity contribution in [2.45, 2.75) is 46.1 Å². The predicted molar refractivity (Wildman–Crippen MR) is 118 cm³/mol. The van der Waals surface area contributed by atoms with Crippen LogP contribution in [0.1, 0.15) is 53.5 Å². The van der Waals surface area contributed by atoms with Crippen molar-refractivity contribution < 1.29 is 18.3 Å². The third-order valence-corrected chi connectivity index (χ3v) is 5.60. The summed E-state index contributed by atoms with van der Waals surface area (Å²) in [7, 11) is 1.60. The molecule has 0 radical (unpaired) electrons. The lowest BCUT2D eigenvalue weighted by Crippen LogP contribution is -2.13. The van der Waals surface area contributed by atoms with Crippen LogP contribution < -0.4 is 10.5 Å². The van der Waals surface area contributed by atoms with Crippen LogP contribution in [-0.2, 0) is 13.0 Å². The number of ether oxygens (including phenoxy) is 1. The van der Waals surface area contributed by atoms with Gasteiger partial charge in [0.25, 0.3) is 5.91 Å². The van der Waals surface area contributed by atoms with E-state index in [-0.39, 0.29) is 0 Å². The Morgan fingerprint density at radius 3 is 2.35 bits per heavy atom. The molecule has 0 bridgehead atoms. The molecule has 1 amide bonds. The lowest BCUT2D eigenvalue weighted by molar-refractivity contribution is 0.1000. The zero-order valence-corrected chi connectivity index (χ0v) is 18.2. The average molecular weight is 427 g/mol. The molecule has 0 spiro atoms. The molecule has 0 saturated heterocycles. The van der Waals surface area contributed by atoms with E-state index in [0.29, 0.717) is 17.7 Å². The first-order chi connectivity index (χ1) is 14.9. The Balaban J connectivity index is 2.17. The van der Waals surface area contributed by atoms with Crippen molar-refractivity contribution in [1.82, 2.24) is 4.57 Å². The Hall–Kier alpha value is -3.15. The Labute approximate surface area is 181 Å². The number of methoxy groups -OCH3 is 1. The molecule has 0 atom stereocenters. The summed E-state index contributed by atoms with van der Waals surface area (Å²) in [5, 5.41) is 0. The fourth-order valence-corrected chi connectivity index (χ4v) is 4.00. The average Bonchev–Trinajstić information content (AvgIpc) is 3.03. The second-order valence-corrected chi connectivity index (χ2v) is 7.67. The number of hydrogen-bond acceptors (Lipinski definition) is 2. The highest BCUT2D eigenvalue weighted by Crippen LogP contribution is 2.35. The molecule has 1 heterocycles. The first kappa shape index (κ1) is 22.5. The maximum atomic E-state index is 13.8. The van der Waals surface area contributed by atoms with E-state index >= 15 is 0 Å². The molecule has 6 heteroatoms. The van der Waals surface area contributed by atoms with Gasteiger partial charge in [0.15, 0.2) is 11.6 Å². The van der Waals surface area contributed by atoms with Crippen LogP contribution in [0.25, 0.3) is 11.1 Å². The number of unbranched alkanes of at least 4 members (excludes halogenated alkanes) is 2. The van der Waals surface area contributed by atoms with Gasteiger partial charge in [-0.15, -0.1) is 0 Å². The van der Waals surface area contributed by atoms with Crippen LogP contribution in [0, 0.1) is 18.6 Å². The van der Waals surface area contributed by atoms with Crippen LogP contribution in [0.15, 0.2) is 42.5 Å². The van der Waals surface area contributed by atoms with Crippen LogP contribution in [0.5, 0.6) is 5.75 Å². The van der Waals surface area contributed by atoms with Gasteiger partial charge in [0.1, 0.15) is 5.75 Å². The molecular formula is C25H28F2N2O2. The first-order valence-electron chi connectivity index (χ1n) is 10.5. The molecule has 4 nitrogen and oxygen atoms in total. The summed E-state index contributed by atoms with van der Waals surface area (Å²) in [6.45, 7) is 4.29. The van der Waals surface area contributed by atoms with Gasteiger partial charge in [-0.25, -0.2) is 8.78 Å². The molecule has 3 aromatic rings. The van der Waals surface area contributed by atoms with Gasteiger partial charge < -0.3 is 15.0 Å². The number of primary amides is 1. The molecule has 31 heavy (non-hydrogen) atoms. The molecule has 0 aliphatic heterocycles. The molecule has 0 aliphatic carbocycles. The predicted octanol–water partition coefficient (Wildman–Crippen LogP) is 5.63. The number of rotatable bonds is 9. The summed E-state index contributed by atoms with van der Waals surface area (Å²) in [5.74, 6) is -1.56. The van der Waals surface area contributed by atoms with Crippen molar-refractivity contribution in [3.05, 3.63) is 76.6 Å². The van der Waals surface area contributed by atoms with E-state index in [1.165, 1.54) is 6.07 Å². The number of carbonyl (C=O) groups excluding carboxylic acids is 1. The number of amides is 1. The van der Waals surface area contributed by atoms with Gasteiger partial charge in [-0.2, -0.15) is 0 Å². The summed E-state index contributed by atoms with van der Waals surface area (Å²) in [6, 6.07) is 11.4. The van der Waals surface area contributed by atoms with Crippen molar-refractivity contribution in [1.29, 1.82) is 0 Å². The molecule has 0 unspecified atom stereocenters. The van der Waals surface area contributed by atoms with Crippen LogP contribution in [0.3, 0.4) is 0 Å². The fraction of sp³-hybridized carbons (Fsp3) is 0.320. The summed E-state index contributed by atoms with van der Waals surface area (Å²) in [5.41, 5.74) is 10.2. The van der Waals surface area contributed by atoms with E-state index in [4.69, 9.17) is 10.5 Å². The summed E-state index contributed by atoms with van der Waals surface area (Å²) in [4.78, 5) is 12.5. The Morgan fingerprint density at radius 1 is 1.06 bits per heavy atom. The Kier molecular flexibility index (Phi) is 7.10. The summed E-state index contributed by atoms with van der Waals surface area (Å²) < 4.78 is 34.5. The van der Waals surface area contributed by atoms with E-state index in [0.717, 1.165) is 60.0 Å². The van der Waals surface area contributed by atoms with Crippen molar-refractivity contribution in [2.75, 3.05) is 7.11 Å². The third-order valence-electron chi connectivity index (χ3n) is 5.60. The van der Waals surface area contributed by atoms with Gasteiger partial charge >= 0.3 is 0 Å². The summed E-state index contributed by atoms with van der Waals surface area (Å²) in [6.07, 6.45) is 3.79. The maximum Gasteiger partial charge on any atom is 0.251 e. The van der Waals surface area contributed by atoms with Crippen molar-refractivity contribution in [2.24, 2.45) is 5.73 Å². The van der Waals surface area contributed by atoms with Crippen LogP contribution in [0.2, 0.25) is 0 Å². The van der Waals surface area contributed by atoms with Crippen molar-refractivity contribution in [3.8, 4) is 16.9 Å². The Morgan fingerprint density at radius 2 is 1.77 bits per heavy atom. The van der Waals surface area contributed by atoms with Crippen LogP contribution in [-0.4, -0.2) is 17.6 Å². The second-order valence-electron chi connectivity index (χ2n) is 7.67. The van der Waals surface area contributed by atoms with Gasteiger partial charge in [-0.05, 0) is 55.2 Å². The van der Waals surface area contributed by atoms with Gasteiger partial charge in [-0.3, -0.25) is 4.79 Å². The zero-order chi connectivity index (χ0) is 22.5. The number of benzene rings is 2. The van der Waals surface area contributed by atoms with Gasteiger partial charge in [0.2, 0.25) is 0 Å². The van der Waals surface area contributed by atoms with Gasteiger partial charge in [0.05, 0.1) is 12.7 Å². The normalized spacial score (nSPS) is 11.0. The maximum absolute atomic E-state index is 13.8. The van der Waals surface area contributed by atoms with Crippen LogP contribution >= 0.6 is 0 Å². The standard InChI is InChI=1S/C25H28F2N2O2/c1-4-5-6-7-22-24(18-9-11-19(31-3)12-10-18)23(25(28)30)16(2)29(22)15-17-8-13-20(26)21(27)14-17/h8-14H,4-7,15H2,1-3H3,(H2,28,30). The SMILES string of the molecule is CCCCCc1c(-c2ccc(OC)cc2)c(C(N)=O)c(C)n1Cc1ccc(F)c(F)c1. The van der Waals surface area contributed by atoms with E-state index in [9.17, 15) is 13.6 Å². The third kappa shape index (κ3) is 4.79. The monoisotopic (exact) mass is 426 g/mol. The van der Waals surface area contributed by atoms with Gasteiger partial charge in [0, 0.05) is 23.5 Å². The molecular weight excluding hydrogens is 398 g/mol. The number of hydrogen-bond donors (Lipinski definition) is 1. The largest absolute Gasteiger partial charge is 0.497 e. The number of aromatic nitrogens is 1. The molecule has 2 N–H and O–H groups in total. The highest BCUT2D eigenvalue weighted by atomic mass is 19.2. The number of halogens is 2. The molecule has 2 aromatic carbocycles. The molecule has 0 saturated carbocycles. The lowest BCUT2D eigenvalue weighted by Gasteiger charge is -2.14.